The zero-order valence-corrected chi connectivity index (χ0v) is 16.0. The summed E-state index contributed by atoms with van der Waals surface area (Å²) in [7, 11) is 0. The van der Waals surface area contributed by atoms with Gasteiger partial charge < -0.3 is 10.2 Å². The molecule has 0 saturated heterocycles. The molecule has 138 valence electrons. The first-order valence-electron chi connectivity index (χ1n) is 10.0. The topological polar surface area (TPSA) is 57.5 Å². The Labute approximate surface area is 151 Å². The third-order valence-corrected chi connectivity index (χ3v) is 8.69. The first-order chi connectivity index (χ1) is 11.7. The molecule has 0 radical (unpaired) electrons. The van der Waals surface area contributed by atoms with Crippen molar-refractivity contribution in [1.29, 1.82) is 0 Å². The Morgan fingerprint density at radius 3 is 2.56 bits per heavy atom. The van der Waals surface area contributed by atoms with E-state index >= 15 is 0 Å². The molecular weight excluding hydrogens is 312 g/mol. The van der Waals surface area contributed by atoms with Crippen LogP contribution in [0.2, 0.25) is 0 Å². The van der Waals surface area contributed by atoms with Gasteiger partial charge in [0.2, 0.25) is 0 Å². The summed E-state index contributed by atoms with van der Waals surface area (Å²) in [5.74, 6) is 2.23. The maximum Gasteiger partial charge on any atom is 0.187 e. The van der Waals surface area contributed by atoms with E-state index in [1.54, 1.807) is 0 Å². The predicted molar refractivity (Wildman–Crippen MR) is 98.0 cm³/mol. The first-order valence-corrected chi connectivity index (χ1v) is 10.0. The predicted octanol–water partition coefficient (Wildman–Crippen LogP) is 4.57. The smallest absolute Gasteiger partial charge is 0.187 e. The lowest BCUT2D eigenvalue weighted by Gasteiger charge is -2.59. The third kappa shape index (κ3) is 2.11. The van der Waals surface area contributed by atoms with Crippen LogP contribution in [-0.2, 0) is 4.79 Å². The van der Waals surface area contributed by atoms with Gasteiger partial charge in [-0.15, -0.1) is 0 Å². The molecule has 0 spiro atoms. The molecule has 0 bridgehead atoms. The Kier molecular flexibility index (Phi) is 3.78. The van der Waals surface area contributed by atoms with Crippen molar-refractivity contribution in [2.45, 2.75) is 72.3 Å². The van der Waals surface area contributed by atoms with Gasteiger partial charge in [-0.2, -0.15) is 0 Å². The molecule has 0 aliphatic heterocycles. The van der Waals surface area contributed by atoms with Crippen LogP contribution in [0.1, 0.15) is 66.2 Å². The SMILES string of the molecule is CC1=C2C(C)C[C@@H]3[C@@H](CC[C@]4(C)C(O)CC[C@@H]34)[C@@]2(C)CC(=CO)C1=O. The molecular formula is C22H32O3. The summed E-state index contributed by atoms with van der Waals surface area (Å²) in [5.41, 5.74) is 2.86. The molecule has 2 N–H and O–H groups in total. The molecule has 3 nitrogen and oxygen atoms in total. The molecule has 0 aromatic carbocycles. The highest BCUT2D eigenvalue weighted by Gasteiger charge is 2.60. The summed E-state index contributed by atoms with van der Waals surface area (Å²) >= 11 is 0. The second kappa shape index (κ2) is 5.45. The van der Waals surface area contributed by atoms with Gasteiger partial charge in [0.25, 0.3) is 0 Å². The van der Waals surface area contributed by atoms with E-state index < -0.39 is 0 Å². The summed E-state index contributed by atoms with van der Waals surface area (Å²) in [6.07, 6.45) is 7.01. The van der Waals surface area contributed by atoms with E-state index in [4.69, 9.17) is 0 Å². The van der Waals surface area contributed by atoms with Crippen molar-refractivity contribution in [2.24, 2.45) is 34.5 Å². The maximum atomic E-state index is 12.6. The fourth-order valence-electron chi connectivity index (χ4n) is 7.64. The van der Waals surface area contributed by atoms with E-state index in [9.17, 15) is 15.0 Å². The van der Waals surface area contributed by atoms with Crippen LogP contribution in [0.25, 0.3) is 0 Å². The van der Waals surface area contributed by atoms with Gasteiger partial charge in [-0.05, 0) is 85.5 Å². The molecule has 4 aliphatic rings. The van der Waals surface area contributed by atoms with Crippen LogP contribution in [0.15, 0.2) is 23.0 Å². The highest BCUT2D eigenvalue weighted by molar-refractivity contribution is 6.09. The molecule has 0 aromatic rings. The van der Waals surface area contributed by atoms with Gasteiger partial charge in [0.15, 0.2) is 5.78 Å². The molecule has 0 heterocycles. The summed E-state index contributed by atoms with van der Waals surface area (Å²) in [5, 5.41) is 20.2. The Hall–Kier alpha value is -1.09. The van der Waals surface area contributed by atoms with E-state index in [1.807, 2.05) is 6.92 Å². The van der Waals surface area contributed by atoms with Crippen LogP contribution >= 0.6 is 0 Å². The maximum absolute atomic E-state index is 12.6. The average molecular weight is 344 g/mol. The normalized spacial score (nSPS) is 51.3. The quantitative estimate of drug-likeness (QED) is 0.500. The average Bonchev–Trinajstić information content (AvgIpc) is 2.86. The number of ketones is 1. The second-order valence-corrected chi connectivity index (χ2v) is 9.77. The first kappa shape index (κ1) is 17.3. The van der Waals surface area contributed by atoms with Gasteiger partial charge >= 0.3 is 0 Å². The van der Waals surface area contributed by atoms with Crippen molar-refractivity contribution in [3.63, 3.8) is 0 Å². The van der Waals surface area contributed by atoms with Crippen LogP contribution in [0, 0.1) is 34.5 Å². The fourth-order valence-corrected chi connectivity index (χ4v) is 7.64. The highest BCUT2D eigenvalue weighted by Crippen LogP contribution is 2.67. The van der Waals surface area contributed by atoms with Crippen molar-refractivity contribution in [2.75, 3.05) is 0 Å². The molecule has 3 fully saturated rings. The number of fused-ring (bicyclic) bond motifs is 5. The van der Waals surface area contributed by atoms with Crippen LogP contribution in [0.3, 0.4) is 0 Å². The Bertz CT molecular complexity index is 675. The lowest BCUT2D eigenvalue weighted by atomic mass is 9.45. The van der Waals surface area contributed by atoms with Crippen molar-refractivity contribution >= 4 is 5.78 Å². The van der Waals surface area contributed by atoms with E-state index in [2.05, 4.69) is 20.8 Å². The number of hydrogen-bond acceptors (Lipinski definition) is 3. The fraction of sp³-hybridized carbons (Fsp3) is 0.773. The lowest BCUT2D eigenvalue weighted by molar-refractivity contribution is -0.115. The van der Waals surface area contributed by atoms with Gasteiger partial charge in [-0.25, -0.2) is 0 Å². The molecule has 4 aliphatic carbocycles. The molecule has 7 atom stereocenters. The Morgan fingerprint density at radius 2 is 1.88 bits per heavy atom. The minimum atomic E-state index is -0.152. The summed E-state index contributed by atoms with van der Waals surface area (Å²) < 4.78 is 0. The van der Waals surface area contributed by atoms with Gasteiger partial charge in [0.05, 0.1) is 12.4 Å². The van der Waals surface area contributed by atoms with Crippen LogP contribution in [0.4, 0.5) is 0 Å². The summed E-state index contributed by atoms with van der Waals surface area (Å²) in [6.45, 7) is 8.88. The van der Waals surface area contributed by atoms with Crippen LogP contribution in [-0.4, -0.2) is 22.1 Å². The van der Waals surface area contributed by atoms with Crippen LogP contribution < -0.4 is 0 Å². The second-order valence-electron chi connectivity index (χ2n) is 9.77. The number of carbonyl (C=O) groups excluding carboxylic acids is 1. The number of rotatable bonds is 0. The van der Waals surface area contributed by atoms with Crippen LogP contribution in [0.5, 0.6) is 0 Å². The standard InChI is InChI=1S/C22H32O3/c1-12-9-15-16-5-6-18(24)21(16,3)8-7-17(15)22(4)10-14(11-23)20(25)13(2)19(12)22/h11-12,15-18,23-24H,5-10H2,1-4H3/t12?,15-,16-,17+,18?,21-,22+/m0/s1. The Morgan fingerprint density at radius 1 is 1.16 bits per heavy atom. The van der Waals surface area contributed by atoms with Crippen molar-refractivity contribution < 1.29 is 15.0 Å². The van der Waals surface area contributed by atoms with Gasteiger partial charge in [-0.3, -0.25) is 4.79 Å². The molecule has 3 heteroatoms. The molecule has 4 rings (SSSR count). The van der Waals surface area contributed by atoms with E-state index in [0.29, 0.717) is 35.7 Å². The number of aliphatic hydroxyl groups excluding tert-OH is 2. The minimum absolute atomic E-state index is 0.0240. The van der Waals surface area contributed by atoms with E-state index in [0.717, 1.165) is 43.9 Å². The largest absolute Gasteiger partial charge is 0.515 e. The minimum Gasteiger partial charge on any atom is -0.515 e. The number of hydrogen-bond donors (Lipinski definition) is 2. The van der Waals surface area contributed by atoms with Crippen molar-refractivity contribution in [3.05, 3.63) is 23.0 Å². The Balaban J connectivity index is 1.80. The van der Waals surface area contributed by atoms with Crippen molar-refractivity contribution in [1.82, 2.24) is 0 Å². The van der Waals surface area contributed by atoms with E-state index in [1.165, 1.54) is 5.57 Å². The zero-order chi connectivity index (χ0) is 18.1. The molecule has 0 aromatic heterocycles. The molecule has 2 unspecified atom stereocenters. The van der Waals surface area contributed by atoms with Gasteiger partial charge in [0.1, 0.15) is 0 Å². The molecule has 25 heavy (non-hydrogen) atoms. The van der Waals surface area contributed by atoms with Gasteiger partial charge in [-0.1, -0.05) is 26.3 Å². The summed E-state index contributed by atoms with van der Waals surface area (Å²) in [6, 6.07) is 0. The van der Waals surface area contributed by atoms with Gasteiger partial charge in [0, 0.05) is 5.57 Å². The van der Waals surface area contributed by atoms with E-state index in [-0.39, 0.29) is 22.7 Å². The number of carbonyl (C=O) groups is 1. The number of allylic oxidation sites excluding steroid dienone is 2. The molecule has 0 amide bonds. The molecule has 3 saturated carbocycles. The van der Waals surface area contributed by atoms with Crippen molar-refractivity contribution in [3.8, 4) is 0 Å². The third-order valence-electron chi connectivity index (χ3n) is 8.69. The number of Topliss-reactive ketones (excluding diaryl/α,β-unsaturated/α-hetero) is 1. The monoisotopic (exact) mass is 344 g/mol. The summed E-state index contributed by atoms with van der Waals surface area (Å²) in [4.78, 5) is 12.6. The lowest BCUT2D eigenvalue weighted by Crippen LogP contribution is -2.53. The highest BCUT2D eigenvalue weighted by atomic mass is 16.3. The zero-order valence-electron chi connectivity index (χ0n) is 16.0. The number of aliphatic hydroxyl groups is 2.